The fourth-order valence-corrected chi connectivity index (χ4v) is 1.10. The molecule has 5 heteroatoms. The zero-order valence-corrected chi connectivity index (χ0v) is 9.56. The van der Waals surface area contributed by atoms with Gasteiger partial charge in [0.15, 0.2) is 5.82 Å². The molecule has 0 saturated heterocycles. The standard InChI is InChI=1S/C10H19N3O2/c1-4-14-6-5-8-12-10(15-13-8)9(11)7(2)3/h7,9H,4-6,11H2,1-3H3/t9-/m0/s1. The maximum Gasteiger partial charge on any atom is 0.243 e. The fraction of sp³-hybridized carbons (Fsp3) is 0.800. The quantitative estimate of drug-likeness (QED) is 0.721. The summed E-state index contributed by atoms with van der Waals surface area (Å²) >= 11 is 0. The highest BCUT2D eigenvalue weighted by Crippen LogP contribution is 2.16. The topological polar surface area (TPSA) is 74.2 Å². The molecular formula is C10H19N3O2. The smallest absolute Gasteiger partial charge is 0.243 e. The van der Waals surface area contributed by atoms with E-state index in [2.05, 4.69) is 10.1 Å². The van der Waals surface area contributed by atoms with Crippen molar-refractivity contribution in [3.8, 4) is 0 Å². The molecule has 1 aromatic heterocycles. The van der Waals surface area contributed by atoms with Gasteiger partial charge < -0.3 is 15.0 Å². The van der Waals surface area contributed by atoms with E-state index in [0.717, 1.165) is 0 Å². The van der Waals surface area contributed by atoms with Gasteiger partial charge in [-0.25, -0.2) is 0 Å². The van der Waals surface area contributed by atoms with Gasteiger partial charge in [-0.15, -0.1) is 0 Å². The largest absolute Gasteiger partial charge is 0.381 e. The molecule has 0 saturated carbocycles. The summed E-state index contributed by atoms with van der Waals surface area (Å²) in [4.78, 5) is 4.22. The summed E-state index contributed by atoms with van der Waals surface area (Å²) in [5.74, 6) is 1.47. The highest BCUT2D eigenvalue weighted by Gasteiger charge is 2.17. The van der Waals surface area contributed by atoms with Crippen molar-refractivity contribution in [3.63, 3.8) is 0 Å². The molecule has 0 aromatic carbocycles. The number of ether oxygens (including phenoxy) is 1. The molecule has 1 heterocycles. The molecule has 0 bridgehead atoms. The second-order valence-corrected chi connectivity index (χ2v) is 3.77. The van der Waals surface area contributed by atoms with Crippen LogP contribution in [0.1, 0.15) is 38.5 Å². The number of nitrogens with zero attached hydrogens (tertiary/aromatic N) is 2. The van der Waals surface area contributed by atoms with Gasteiger partial charge in [0.2, 0.25) is 5.89 Å². The third-order valence-electron chi connectivity index (χ3n) is 2.16. The van der Waals surface area contributed by atoms with E-state index in [1.165, 1.54) is 0 Å². The lowest BCUT2D eigenvalue weighted by molar-refractivity contribution is 0.149. The van der Waals surface area contributed by atoms with Crippen molar-refractivity contribution >= 4 is 0 Å². The van der Waals surface area contributed by atoms with Crippen LogP contribution in [0.3, 0.4) is 0 Å². The van der Waals surface area contributed by atoms with Gasteiger partial charge in [-0.05, 0) is 12.8 Å². The third kappa shape index (κ3) is 3.60. The second kappa shape index (κ2) is 5.82. The Morgan fingerprint density at radius 1 is 1.47 bits per heavy atom. The molecule has 15 heavy (non-hydrogen) atoms. The number of rotatable bonds is 6. The summed E-state index contributed by atoms with van der Waals surface area (Å²) in [6.07, 6.45) is 0.669. The van der Waals surface area contributed by atoms with Gasteiger partial charge in [0.05, 0.1) is 12.6 Å². The summed E-state index contributed by atoms with van der Waals surface area (Å²) in [7, 11) is 0. The SMILES string of the molecule is CCOCCc1noc([C@@H](N)C(C)C)n1. The van der Waals surface area contributed by atoms with E-state index in [9.17, 15) is 0 Å². The minimum Gasteiger partial charge on any atom is -0.381 e. The average molecular weight is 213 g/mol. The van der Waals surface area contributed by atoms with Crippen LogP contribution >= 0.6 is 0 Å². The highest BCUT2D eigenvalue weighted by atomic mass is 16.5. The van der Waals surface area contributed by atoms with Crippen molar-refractivity contribution in [2.75, 3.05) is 13.2 Å². The first-order valence-corrected chi connectivity index (χ1v) is 5.31. The Morgan fingerprint density at radius 2 is 2.20 bits per heavy atom. The van der Waals surface area contributed by atoms with Gasteiger partial charge in [-0.3, -0.25) is 0 Å². The molecule has 0 aliphatic carbocycles. The van der Waals surface area contributed by atoms with E-state index in [0.29, 0.717) is 37.3 Å². The Bertz CT molecular complexity index is 286. The lowest BCUT2D eigenvalue weighted by Crippen LogP contribution is -2.17. The molecule has 1 rings (SSSR count). The van der Waals surface area contributed by atoms with Crippen LogP contribution in [0, 0.1) is 5.92 Å². The molecule has 0 radical (unpaired) electrons. The van der Waals surface area contributed by atoms with E-state index in [-0.39, 0.29) is 6.04 Å². The van der Waals surface area contributed by atoms with Gasteiger partial charge in [0.1, 0.15) is 0 Å². The van der Waals surface area contributed by atoms with Gasteiger partial charge in [0, 0.05) is 13.0 Å². The molecule has 1 atom stereocenters. The summed E-state index contributed by atoms with van der Waals surface area (Å²) in [5.41, 5.74) is 5.88. The molecule has 0 aliphatic heterocycles. The molecule has 0 aliphatic rings. The van der Waals surface area contributed by atoms with E-state index in [1.54, 1.807) is 0 Å². The lowest BCUT2D eigenvalue weighted by Gasteiger charge is -2.09. The van der Waals surface area contributed by atoms with Gasteiger partial charge >= 0.3 is 0 Å². The van der Waals surface area contributed by atoms with Crippen LogP contribution in [0.15, 0.2) is 4.52 Å². The monoisotopic (exact) mass is 213 g/mol. The van der Waals surface area contributed by atoms with Gasteiger partial charge in [-0.1, -0.05) is 19.0 Å². The van der Waals surface area contributed by atoms with Gasteiger partial charge in [-0.2, -0.15) is 4.98 Å². The van der Waals surface area contributed by atoms with Crippen LogP contribution in [0.2, 0.25) is 0 Å². The van der Waals surface area contributed by atoms with E-state index in [1.807, 2.05) is 20.8 Å². The minimum absolute atomic E-state index is 0.182. The average Bonchev–Trinajstić information content (AvgIpc) is 2.65. The van der Waals surface area contributed by atoms with Crippen molar-refractivity contribution < 1.29 is 9.26 Å². The number of hydrogen-bond donors (Lipinski definition) is 1. The van der Waals surface area contributed by atoms with Gasteiger partial charge in [0.25, 0.3) is 0 Å². The molecule has 0 unspecified atom stereocenters. The van der Waals surface area contributed by atoms with Crippen LogP contribution in [-0.2, 0) is 11.2 Å². The van der Waals surface area contributed by atoms with Crippen LogP contribution in [0.5, 0.6) is 0 Å². The van der Waals surface area contributed by atoms with Crippen molar-refractivity contribution in [3.05, 3.63) is 11.7 Å². The van der Waals surface area contributed by atoms with Crippen molar-refractivity contribution in [1.29, 1.82) is 0 Å². The van der Waals surface area contributed by atoms with Crippen LogP contribution < -0.4 is 5.73 Å². The first-order chi connectivity index (χ1) is 7.15. The summed E-state index contributed by atoms with van der Waals surface area (Å²) in [5, 5.41) is 3.85. The molecule has 0 fully saturated rings. The predicted octanol–water partition coefficient (Wildman–Crippen LogP) is 1.30. The minimum atomic E-state index is -0.182. The first kappa shape index (κ1) is 12.1. The number of aromatic nitrogens is 2. The Labute approximate surface area is 90.0 Å². The van der Waals surface area contributed by atoms with E-state index >= 15 is 0 Å². The lowest BCUT2D eigenvalue weighted by atomic mass is 10.1. The summed E-state index contributed by atoms with van der Waals surface area (Å²) in [6.45, 7) is 7.32. The van der Waals surface area contributed by atoms with Crippen LogP contribution in [0.4, 0.5) is 0 Å². The maximum atomic E-state index is 5.88. The molecule has 86 valence electrons. The zero-order chi connectivity index (χ0) is 11.3. The molecule has 0 amide bonds. The predicted molar refractivity (Wildman–Crippen MR) is 56.3 cm³/mol. The van der Waals surface area contributed by atoms with Crippen LogP contribution in [-0.4, -0.2) is 23.4 Å². The van der Waals surface area contributed by atoms with Crippen molar-refractivity contribution in [2.45, 2.75) is 33.2 Å². The summed E-state index contributed by atoms with van der Waals surface area (Å²) < 4.78 is 10.3. The Kier molecular flexibility index (Phi) is 4.71. The number of hydrogen-bond acceptors (Lipinski definition) is 5. The van der Waals surface area contributed by atoms with Crippen molar-refractivity contribution in [1.82, 2.24) is 10.1 Å². The number of nitrogens with two attached hydrogens (primary N) is 1. The third-order valence-corrected chi connectivity index (χ3v) is 2.16. The maximum absolute atomic E-state index is 5.88. The zero-order valence-electron chi connectivity index (χ0n) is 9.56. The molecular weight excluding hydrogens is 194 g/mol. The normalized spacial score (nSPS) is 13.4. The van der Waals surface area contributed by atoms with Crippen molar-refractivity contribution in [2.24, 2.45) is 11.7 Å². The highest BCUT2D eigenvalue weighted by molar-refractivity contribution is 4.93. The van der Waals surface area contributed by atoms with Crippen LogP contribution in [0.25, 0.3) is 0 Å². The Hall–Kier alpha value is -0.940. The summed E-state index contributed by atoms with van der Waals surface area (Å²) in [6, 6.07) is -0.182. The first-order valence-electron chi connectivity index (χ1n) is 5.31. The van der Waals surface area contributed by atoms with E-state index in [4.69, 9.17) is 15.0 Å². The second-order valence-electron chi connectivity index (χ2n) is 3.77. The fourth-order valence-electron chi connectivity index (χ4n) is 1.10. The Balaban J connectivity index is 2.48. The Morgan fingerprint density at radius 3 is 2.80 bits per heavy atom. The molecule has 0 spiro atoms. The molecule has 2 N–H and O–H groups in total. The van der Waals surface area contributed by atoms with E-state index < -0.39 is 0 Å². The molecule has 1 aromatic rings. The molecule has 5 nitrogen and oxygen atoms in total.